The summed E-state index contributed by atoms with van der Waals surface area (Å²) in [5.74, 6) is 0.507. The summed E-state index contributed by atoms with van der Waals surface area (Å²) in [5, 5.41) is 0. The van der Waals surface area contributed by atoms with Crippen molar-refractivity contribution in [1.29, 1.82) is 0 Å². The monoisotopic (exact) mass is 341 g/mol. The number of nitrogens with zero attached hydrogens (tertiary/aromatic N) is 1. The molecule has 6 heteroatoms. The fourth-order valence-electron chi connectivity index (χ4n) is 1.44. The van der Waals surface area contributed by atoms with Crippen LogP contribution in [0.25, 0.3) is 0 Å². The molecule has 1 aromatic heterocycles. The molecule has 0 bridgehead atoms. The van der Waals surface area contributed by atoms with E-state index in [9.17, 15) is 8.42 Å². The average molecular weight is 342 g/mol. The molecule has 0 aliphatic heterocycles. The molecule has 0 saturated carbocycles. The van der Waals surface area contributed by atoms with E-state index in [2.05, 4.69) is 20.9 Å². The molecular formula is C13H12BrNO3S. The molecule has 0 unspecified atom stereocenters. The highest BCUT2D eigenvalue weighted by Crippen LogP contribution is 2.18. The molecule has 0 aliphatic carbocycles. The van der Waals surface area contributed by atoms with Crippen molar-refractivity contribution in [2.75, 3.05) is 6.26 Å². The van der Waals surface area contributed by atoms with Gasteiger partial charge in [0.2, 0.25) is 0 Å². The SMILES string of the molecule is CS(=O)(=O)c1cccc(OCc2ccc(Br)cn2)c1. The number of halogens is 1. The maximum absolute atomic E-state index is 11.4. The van der Waals surface area contributed by atoms with Crippen molar-refractivity contribution in [2.45, 2.75) is 11.5 Å². The van der Waals surface area contributed by atoms with Crippen molar-refractivity contribution >= 4 is 25.8 Å². The van der Waals surface area contributed by atoms with Gasteiger partial charge in [-0.1, -0.05) is 6.07 Å². The van der Waals surface area contributed by atoms with Gasteiger partial charge in [-0.3, -0.25) is 4.98 Å². The lowest BCUT2D eigenvalue weighted by molar-refractivity contribution is 0.300. The van der Waals surface area contributed by atoms with Gasteiger partial charge in [0, 0.05) is 16.9 Å². The quantitative estimate of drug-likeness (QED) is 0.857. The number of sulfone groups is 1. The number of rotatable bonds is 4. The molecule has 0 N–H and O–H groups in total. The summed E-state index contributed by atoms with van der Waals surface area (Å²) in [6.07, 6.45) is 2.86. The first-order valence-corrected chi connectivity index (χ1v) is 8.17. The normalized spacial score (nSPS) is 11.3. The molecule has 0 fully saturated rings. The van der Waals surface area contributed by atoms with Crippen LogP contribution in [0, 0.1) is 0 Å². The van der Waals surface area contributed by atoms with Crippen molar-refractivity contribution in [3.05, 3.63) is 52.8 Å². The fourth-order valence-corrected chi connectivity index (χ4v) is 2.33. The van der Waals surface area contributed by atoms with Crippen LogP contribution in [0.5, 0.6) is 5.75 Å². The molecule has 0 atom stereocenters. The van der Waals surface area contributed by atoms with E-state index < -0.39 is 9.84 Å². The largest absolute Gasteiger partial charge is 0.487 e. The second-order valence-electron chi connectivity index (χ2n) is 4.00. The summed E-state index contributed by atoms with van der Waals surface area (Å²) in [6, 6.07) is 10.1. The smallest absolute Gasteiger partial charge is 0.175 e. The molecule has 19 heavy (non-hydrogen) atoms. The Morgan fingerprint density at radius 2 is 2.05 bits per heavy atom. The van der Waals surface area contributed by atoms with Gasteiger partial charge < -0.3 is 4.74 Å². The molecule has 2 rings (SSSR count). The Morgan fingerprint density at radius 1 is 1.26 bits per heavy atom. The van der Waals surface area contributed by atoms with E-state index in [1.54, 1.807) is 24.4 Å². The van der Waals surface area contributed by atoms with Gasteiger partial charge in [-0.2, -0.15) is 0 Å². The molecular weight excluding hydrogens is 330 g/mol. The van der Waals surface area contributed by atoms with Crippen LogP contribution in [-0.4, -0.2) is 19.7 Å². The van der Waals surface area contributed by atoms with E-state index in [1.807, 2.05) is 12.1 Å². The predicted molar refractivity (Wildman–Crippen MR) is 75.8 cm³/mol. The van der Waals surface area contributed by atoms with Crippen molar-refractivity contribution in [3.8, 4) is 5.75 Å². The maximum Gasteiger partial charge on any atom is 0.175 e. The zero-order valence-electron chi connectivity index (χ0n) is 10.2. The van der Waals surface area contributed by atoms with Crippen LogP contribution < -0.4 is 4.74 Å². The topological polar surface area (TPSA) is 56.3 Å². The van der Waals surface area contributed by atoms with Crippen LogP contribution in [0.2, 0.25) is 0 Å². The molecule has 0 saturated heterocycles. The molecule has 0 radical (unpaired) electrons. The Morgan fingerprint density at radius 3 is 2.68 bits per heavy atom. The third kappa shape index (κ3) is 4.04. The van der Waals surface area contributed by atoms with Crippen LogP contribution in [0.15, 0.2) is 52.0 Å². The predicted octanol–water partition coefficient (Wildman–Crippen LogP) is 2.83. The molecule has 1 aromatic carbocycles. The highest BCUT2D eigenvalue weighted by molar-refractivity contribution is 9.10. The Bertz CT molecular complexity index is 669. The van der Waals surface area contributed by atoms with E-state index in [0.29, 0.717) is 12.4 Å². The highest BCUT2D eigenvalue weighted by Gasteiger charge is 2.07. The second-order valence-corrected chi connectivity index (χ2v) is 6.93. The first-order valence-electron chi connectivity index (χ1n) is 5.48. The highest BCUT2D eigenvalue weighted by atomic mass is 79.9. The summed E-state index contributed by atoms with van der Waals surface area (Å²) < 4.78 is 29.3. The fraction of sp³-hybridized carbons (Fsp3) is 0.154. The number of aromatic nitrogens is 1. The Labute approximate surface area is 120 Å². The molecule has 0 spiro atoms. The van der Waals surface area contributed by atoms with Gasteiger partial charge in [0.15, 0.2) is 9.84 Å². The first-order chi connectivity index (χ1) is 8.95. The number of benzene rings is 1. The van der Waals surface area contributed by atoms with E-state index in [-0.39, 0.29) is 4.90 Å². The molecule has 0 aliphatic rings. The molecule has 1 heterocycles. The summed E-state index contributed by atoms with van der Waals surface area (Å²) in [5.41, 5.74) is 0.771. The van der Waals surface area contributed by atoms with Crippen LogP contribution in [0.4, 0.5) is 0 Å². The molecule has 100 valence electrons. The Balaban J connectivity index is 2.10. The molecule has 0 amide bonds. The van der Waals surface area contributed by atoms with Gasteiger partial charge in [0.05, 0.1) is 10.6 Å². The number of hydrogen-bond acceptors (Lipinski definition) is 4. The van der Waals surface area contributed by atoms with Crippen molar-refractivity contribution in [2.24, 2.45) is 0 Å². The minimum atomic E-state index is -3.22. The maximum atomic E-state index is 11.4. The molecule has 4 nitrogen and oxygen atoms in total. The number of hydrogen-bond donors (Lipinski definition) is 0. The summed E-state index contributed by atoms with van der Waals surface area (Å²) >= 11 is 3.30. The van der Waals surface area contributed by atoms with Crippen LogP contribution in [-0.2, 0) is 16.4 Å². The van der Waals surface area contributed by atoms with Crippen molar-refractivity contribution < 1.29 is 13.2 Å². The standard InChI is InChI=1S/C13H12BrNO3S/c1-19(16,17)13-4-2-3-12(7-13)18-9-11-6-5-10(14)8-15-11/h2-8H,9H2,1H3. The van der Waals surface area contributed by atoms with Gasteiger partial charge >= 0.3 is 0 Å². The number of ether oxygens (including phenoxy) is 1. The summed E-state index contributed by atoms with van der Waals surface area (Å²) in [6.45, 7) is 0.292. The van der Waals surface area contributed by atoms with E-state index in [1.165, 1.54) is 12.3 Å². The Hall–Kier alpha value is -1.40. The van der Waals surface area contributed by atoms with E-state index in [0.717, 1.165) is 10.2 Å². The average Bonchev–Trinajstić information content (AvgIpc) is 2.37. The van der Waals surface area contributed by atoms with Crippen LogP contribution >= 0.6 is 15.9 Å². The van der Waals surface area contributed by atoms with Gasteiger partial charge in [-0.05, 0) is 46.3 Å². The van der Waals surface area contributed by atoms with Gasteiger partial charge in [0.1, 0.15) is 12.4 Å². The summed E-state index contributed by atoms with van der Waals surface area (Å²) in [7, 11) is -3.22. The van der Waals surface area contributed by atoms with Gasteiger partial charge in [-0.15, -0.1) is 0 Å². The second kappa shape index (κ2) is 5.71. The van der Waals surface area contributed by atoms with Crippen LogP contribution in [0.1, 0.15) is 5.69 Å². The van der Waals surface area contributed by atoms with E-state index >= 15 is 0 Å². The third-order valence-corrected chi connectivity index (χ3v) is 3.99. The van der Waals surface area contributed by atoms with Crippen LogP contribution in [0.3, 0.4) is 0 Å². The minimum absolute atomic E-state index is 0.244. The van der Waals surface area contributed by atoms with E-state index in [4.69, 9.17) is 4.74 Å². The van der Waals surface area contributed by atoms with Gasteiger partial charge in [0.25, 0.3) is 0 Å². The number of pyridine rings is 1. The van der Waals surface area contributed by atoms with Crippen molar-refractivity contribution in [1.82, 2.24) is 4.98 Å². The minimum Gasteiger partial charge on any atom is -0.487 e. The zero-order chi connectivity index (χ0) is 13.9. The first kappa shape index (κ1) is 14.0. The molecule has 2 aromatic rings. The van der Waals surface area contributed by atoms with Crippen molar-refractivity contribution in [3.63, 3.8) is 0 Å². The third-order valence-electron chi connectivity index (χ3n) is 2.41. The Kier molecular flexibility index (Phi) is 4.21. The lowest BCUT2D eigenvalue weighted by Crippen LogP contribution is -2.00. The zero-order valence-corrected chi connectivity index (χ0v) is 12.6. The summed E-state index contributed by atoms with van der Waals surface area (Å²) in [4.78, 5) is 4.42. The lowest BCUT2D eigenvalue weighted by atomic mass is 10.3. The lowest BCUT2D eigenvalue weighted by Gasteiger charge is -2.07. The van der Waals surface area contributed by atoms with Gasteiger partial charge in [-0.25, -0.2) is 8.42 Å².